The van der Waals surface area contributed by atoms with Gasteiger partial charge in [0.25, 0.3) is 0 Å². The normalized spacial score (nSPS) is 18.2. The Morgan fingerprint density at radius 2 is 1.60 bits per heavy atom. The Labute approximate surface area is 152 Å². The average molecular weight is 338 g/mol. The molecular formula is C23H33N2+. The van der Waals surface area contributed by atoms with Crippen LogP contribution >= 0.6 is 0 Å². The highest BCUT2D eigenvalue weighted by atomic mass is 15.0. The fraction of sp³-hybridized carbons (Fsp3) is 0.435. The van der Waals surface area contributed by atoms with Crippen molar-refractivity contribution in [2.24, 2.45) is 11.7 Å². The maximum atomic E-state index is 4.50. The van der Waals surface area contributed by atoms with Crippen LogP contribution in [0.15, 0.2) is 48.7 Å². The van der Waals surface area contributed by atoms with Gasteiger partial charge in [-0.05, 0) is 43.3 Å². The van der Waals surface area contributed by atoms with E-state index in [1.165, 1.54) is 53.5 Å². The maximum Gasteiger partial charge on any atom is 0.216 e. The fourth-order valence-corrected chi connectivity index (χ4v) is 3.49. The molecule has 2 aromatic carbocycles. The van der Waals surface area contributed by atoms with Crippen LogP contribution in [0.5, 0.6) is 0 Å². The number of pyridine rings is 1. The quantitative estimate of drug-likeness (QED) is 0.466. The molecule has 1 unspecified atom stereocenters. The van der Waals surface area contributed by atoms with Gasteiger partial charge in [-0.25, -0.2) is 0 Å². The first kappa shape index (κ1) is 19.4. The largest absolute Gasteiger partial charge is 0.333 e. The van der Waals surface area contributed by atoms with Gasteiger partial charge in [0.1, 0.15) is 0 Å². The zero-order chi connectivity index (χ0) is 18.4. The summed E-state index contributed by atoms with van der Waals surface area (Å²) in [4.78, 5) is 0. The lowest BCUT2D eigenvalue weighted by atomic mass is 9.87. The van der Waals surface area contributed by atoms with Gasteiger partial charge in [-0.3, -0.25) is 0 Å². The maximum absolute atomic E-state index is 4.50. The molecule has 0 bridgehead atoms. The lowest BCUT2D eigenvalue weighted by Gasteiger charge is -2.23. The summed E-state index contributed by atoms with van der Waals surface area (Å²) < 4.78 is 2.46. The first-order chi connectivity index (χ1) is 12.2. The summed E-state index contributed by atoms with van der Waals surface area (Å²) in [5, 5.41) is 4.14. The van der Waals surface area contributed by atoms with Crippen LogP contribution in [-0.4, -0.2) is 7.05 Å². The minimum atomic E-state index is 0.581. The number of hydrogen-bond acceptors (Lipinski definition) is 1. The van der Waals surface area contributed by atoms with Gasteiger partial charge >= 0.3 is 0 Å². The topological polar surface area (TPSA) is 29.9 Å². The van der Waals surface area contributed by atoms with Crippen molar-refractivity contribution >= 4 is 21.7 Å². The molecule has 0 saturated carbocycles. The van der Waals surface area contributed by atoms with Crippen molar-refractivity contribution in [1.82, 2.24) is 0 Å². The molecule has 2 heteroatoms. The summed E-state index contributed by atoms with van der Waals surface area (Å²) in [6.07, 6.45) is 6.06. The van der Waals surface area contributed by atoms with E-state index in [0.29, 0.717) is 12.0 Å². The number of rotatable bonds is 1. The van der Waals surface area contributed by atoms with E-state index in [2.05, 4.69) is 86.7 Å². The van der Waals surface area contributed by atoms with E-state index in [0.717, 1.165) is 0 Å². The Bertz CT molecular complexity index is 821. The summed E-state index contributed by atoms with van der Waals surface area (Å²) in [5.74, 6) is 0.698. The van der Waals surface area contributed by atoms with Crippen molar-refractivity contribution in [3.63, 3.8) is 0 Å². The number of fused-ring (bicyclic) bond motifs is 2. The molecule has 2 N–H and O–H groups in total. The van der Waals surface area contributed by atoms with Crippen LogP contribution in [0.2, 0.25) is 0 Å². The third-order valence-corrected chi connectivity index (χ3v) is 5.21. The monoisotopic (exact) mass is 337 g/mol. The Kier molecular flexibility index (Phi) is 6.95. The van der Waals surface area contributed by atoms with E-state index in [9.17, 15) is 0 Å². The molecule has 1 aliphatic heterocycles. The number of nitrogens with zero attached hydrogens (tertiary/aromatic N) is 1. The van der Waals surface area contributed by atoms with Crippen LogP contribution in [0.1, 0.15) is 52.1 Å². The second-order valence-electron chi connectivity index (χ2n) is 6.86. The van der Waals surface area contributed by atoms with E-state index in [4.69, 9.17) is 0 Å². The number of nitrogens with two attached hydrogens (primary N) is 1. The molecule has 2 nitrogen and oxygen atoms in total. The molecule has 3 aromatic rings. The predicted molar refractivity (Wildman–Crippen MR) is 110 cm³/mol. The smallest absolute Gasteiger partial charge is 0.216 e. The van der Waals surface area contributed by atoms with Gasteiger partial charge in [-0.2, -0.15) is 4.57 Å². The molecule has 2 atom stereocenters. The summed E-state index contributed by atoms with van der Waals surface area (Å²) in [5.41, 5.74) is 7.44. The van der Waals surface area contributed by atoms with Crippen LogP contribution in [0.3, 0.4) is 0 Å². The molecule has 1 aliphatic rings. The minimum absolute atomic E-state index is 0.581. The van der Waals surface area contributed by atoms with E-state index in [1.54, 1.807) is 0 Å². The molecule has 134 valence electrons. The Morgan fingerprint density at radius 3 is 2.28 bits per heavy atom. The third-order valence-electron chi connectivity index (χ3n) is 5.21. The Morgan fingerprint density at radius 1 is 0.960 bits per heavy atom. The van der Waals surface area contributed by atoms with Gasteiger partial charge in [0.05, 0.1) is 5.39 Å². The van der Waals surface area contributed by atoms with Crippen LogP contribution in [-0.2, 0) is 6.42 Å². The number of unbranched alkanes of at least 4 members (excludes halogenated alkanes) is 1. The molecule has 0 fully saturated rings. The Hall–Kier alpha value is -1.93. The van der Waals surface area contributed by atoms with Gasteiger partial charge in [0.2, 0.25) is 5.52 Å². The summed E-state index contributed by atoms with van der Waals surface area (Å²) >= 11 is 0. The van der Waals surface area contributed by atoms with Gasteiger partial charge in [0, 0.05) is 17.5 Å². The van der Waals surface area contributed by atoms with Crippen molar-refractivity contribution in [2.75, 3.05) is 7.05 Å². The van der Waals surface area contributed by atoms with Crippen molar-refractivity contribution in [1.29, 1.82) is 0 Å². The first-order valence-electron chi connectivity index (χ1n) is 9.59. The molecule has 0 saturated heterocycles. The summed E-state index contributed by atoms with van der Waals surface area (Å²) in [6.45, 7) is 9.05. The molecule has 0 radical (unpaired) electrons. The minimum Gasteiger partial charge on any atom is -0.333 e. The number of benzene rings is 2. The van der Waals surface area contributed by atoms with Crippen molar-refractivity contribution < 1.29 is 4.57 Å². The van der Waals surface area contributed by atoms with Crippen molar-refractivity contribution in [2.45, 2.75) is 53.0 Å². The standard InChI is InChI=1S/C18H18N.C4H10.CH5N/c1-12-10-15-11-14-6-3-4-7-16(14)17-8-5-9-19(13(12)2)18(15)17;1-3-4-2;1-2/h3-9,11-13H,10H2,1-2H3;3-4H2,1-2H3;2H2,1H3/q+1;;/t12?,13-;;/m0../s1. The molecule has 1 aromatic heterocycles. The van der Waals surface area contributed by atoms with Gasteiger partial charge in [-0.1, -0.05) is 57.9 Å². The molecule has 2 heterocycles. The molecule has 0 aliphatic carbocycles. The fourth-order valence-electron chi connectivity index (χ4n) is 3.49. The third kappa shape index (κ3) is 3.85. The molecule has 25 heavy (non-hydrogen) atoms. The SMILES string of the molecule is CC1Cc2cc3ccccc3c3ccc[n+](c23)[C@H]1C.CCCC.CN. The van der Waals surface area contributed by atoms with Gasteiger partial charge < -0.3 is 5.73 Å². The molecule has 0 amide bonds. The van der Waals surface area contributed by atoms with Crippen LogP contribution in [0.25, 0.3) is 21.7 Å². The number of hydrogen-bond donors (Lipinski definition) is 1. The highest BCUT2D eigenvalue weighted by Crippen LogP contribution is 2.33. The van der Waals surface area contributed by atoms with Crippen molar-refractivity contribution in [3.05, 3.63) is 54.2 Å². The van der Waals surface area contributed by atoms with E-state index < -0.39 is 0 Å². The first-order valence-corrected chi connectivity index (χ1v) is 9.59. The summed E-state index contributed by atoms with van der Waals surface area (Å²) in [6, 6.07) is 16.2. The highest BCUT2D eigenvalue weighted by molar-refractivity contribution is 6.06. The zero-order valence-corrected chi connectivity index (χ0v) is 16.4. The molecule has 4 rings (SSSR count). The molecule has 0 spiro atoms. The highest BCUT2D eigenvalue weighted by Gasteiger charge is 2.31. The second kappa shape index (κ2) is 8.96. The second-order valence-corrected chi connectivity index (χ2v) is 6.86. The van der Waals surface area contributed by atoms with Gasteiger partial charge in [0.15, 0.2) is 12.2 Å². The average Bonchev–Trinajstić information content (AvgIpc) is 2.68. The molecular weight excluding hydrogens is 304 g/mol. The van der Waals surface area contributed by atoms with Crippen LogP contribution < -0.4 is 10.3 Å². The lowest BCUT2D eigenvalue weighted by Crippen LogP contribution is -2.45. The zero-order valence-electron chi connectivity index (χ0n) is 16.4. The Balaban J connectivity index is 0.000000334. The van der Waals surface area contributed by atoms with Crippen molar-refractivity contribution in [3.8, 4) is 0 Å². The summed E-state index contributed by atoms with van der Waals surface area (Å²) in [7, 11) is 1.50. The van der Waals surface area contributed by atoms with Gasteiger partial charge in [-0.15, -0.1) is 0 Å². The van der Waals surface area contributed by atoms with Crippen LogP contribution in [0.4, 0.5) is 0 Å². The number of aromatic nitrogens is 1. The predicted octanol–water partition coefficient (Wildman–Crippen LogP) is 5.42. The van der Waals surface area contributed by atoms with Crippen LogP contribution in [0, 0.1) is 5.92 Å². The van der Waals surface area contributed by atoms with E-state index >= 15 is 0 Å². The van der Waals surface area contributed by atoms with E-state index in [-0.39, 0.29) is 0 Å². The lowest BCUT2D eigenvalue weighted by molar-refractivity contribution is -0.705. The van der Waals surface area contributed by atoms with E-state index in [1.807, 2.05) is 0 Å².